The van der Waals surface area contributed by atoms with Crippen molar-refractivity contribution >= 4 is 11.6 Å². The summed E-state index contributed by atoms with van der Waals surface area (Å²) in [6.07, 6.45) is 4.02. The van der Waals surface area contributed by atoms with Crippen LogP contribution in [0, 0.1) is 5.82 Å². The highest BCUT2D eigenvalue weighted by Gasteiger charge is 2.36. The summed E-state index contributed by atoms with van der Waals surface area (Å²) in [7, 11) is 0. The van der Waals surface area contributed by atoms with Crippen LogP contribution in [-0.2, 0) is 0 Å². The van der Waals surface area contributed by atoms with Gasteiger partial charge in [-0.15, -0.1) is 0 Å². The largest absolute Gasteiger partial charge is 0.487 e. The number of likely N-dealkylation sites (tertiary alicyclic amines) is 1. The van der Waals surface area contributed by atoms with Gasteiger partial charge in [-0.3, -0.25) is 4.90 Å². The molecule has 1 fully saturated rings. The smallest absolute Gasteiger partial charge is 0.166 e. The van der Waals surface area contributed by atoms with Crippen LogP contribution in [0.1, 0.15) is 37.3 Å². The summed E-state index contributed by atoms with van der Waals surface area (Å²) in [6.45, 7) is 1.98. The molecule has 1 saturated heterocycles. The van der Waals surface area contributed by atoms with Crippen LogP contribution in [0.25, 0.3) is 0 Å². The normalized spacial score (nSPS) is 27.6. The first-order valence-electron chi connectivity index (χ1n) is 7.20. The molecule has 0 spiro atoms. The van der Waals surface area contributed by atoms with Gasteiger partial charge in [0, 0.05) is 10.6 Å². The van der Waals surface area contributed by atoms with Crippen molar-refractivity contribution in [3.63, 3.8) is 0 Å². The molecule has 0 radical (unpaired) electrons. The maximum absolute atomic E-state index is 14.0. The number of benzene rings is 1. The van der Waals surface area contributed by atoms with Crippen molar-refractivity contribution < 1.29 is 14.2 Å². The molecule has 2 heterocycles. The molecule has 0 aliphatic carbocycles. The first-order valence-corrected chi connectivity index (χ1v) is 7.58. The number of rotatable bonds is 1. The van der Waals surface area contributed by atoms with Crippen LogP contribution in [-0.4, -0.2) is 35.8 Å². The number of aliphatic hydroxyl groups is 1. The monoisotopic (exact) mass is 299 g/mol. The van der Waals surface area contributed by atoms with Crippen LogP contribution in [0.15, 0.2) is 12.1 Å². The van der Waals surface area contributed by atoms with Crippen molar-refractivity contribution in [3.05, 3.63) is 28.5 Å². The zero-order chi connectivity index (χ0) is 14.1. The molecular weight excluding hydrogens is 281 g/mol. The van der Waals surface area contributed by atoms with E-state index in [1.807, 2.05) is 0 Å². The van der Waals surface area contributed by atoms with Gasteiger partial charge in [-0.05, 0) is 38.1 Å². The molecular formula is C15H19ClFNO2. The second kappa shape index (κ2) is 5.88. The van der Waals surface area contributed by atoms with Crippen molar-refractivity contribution in [2.75, 3.05) is 19.7 Å². The van der Waals surface area contributed by atoms with E-state index < -0.39 is 11.9 Å². The van der Waals surface area contributed by atoms with E-state index in [4.69, 9.17) is 16.3 Å². The van der Waals surface area contributed by atoms with Gasteiger partial charge in [0.25, 0.3) is 0 Å². The second-order valence-electron chi connectivity index (χ2n) is 5.58. The summed E-state index contributed by atoms with van der Waals surface area (Å²) >= 11 is 5.97. The Labute approximate surface area is 123 Å². The third-order valence-electron chi connectivity index (χ3n) is 4.15. The average molecular weight is 300 g/mol. The molecule has 0 amide bonds. The van der Waals surface area contributed by atoms with E-state index in [2.05, 4.69) is 4.90 Å². The Morgan fingerprint density at radius 3 is 2.60 bits per heavy atom. The van der Waals surface area contributed by atoms with E-state index in [1.54, 1.807) is 6.07 Å². The van der Waals surface area contributed by atoms with Crippen LogP contribution in [0.2, 0.25) is 5.02 Å². The molecule has 5 heteroatoms. The van der Waals surface area contributed by atoms with Crippen LogP contribution < -0.4 is 4.74 Å². The van der Waals surface area contributed by atoms with Crippen LogP contribution in [0.5, 0.6) is 5.75 Å². The Hall–Kier alpha value is -0.840. The van der Waals surface area contributed by atoms with Crippen LogP contribution >= 0.6 is 11.6 Å². The standard InChI is InChI=1S/C15H19ClFNO2/c16-10-7-11-14(18-5-3-1-2-4-6-18)13(19)9-20-15(11)12(17)8-10/h7-8,13-14,19H,1-6,9H2. The highest BCUT2D eigenvalue weighted by atomic mass is 35.5. The maximum Gasteiger partial charge on any atom is 0.166 e. The lowest BCUT2D eigenvalue weighted by Crippen LogP contribution is -2.42. The van der Waals surface area contributed by atoms with E-state index >= 15 is 0 Å². The molecule has 0 bridgehead atoms. The molecule has 1 aromatic rings. The molecule has 0 saturated carbocycles. The quantitative estimate of drug-likeness (QED) is 0.865. The molecule has 2 aliphatic rings. The lowest BCUT2D eigenvalue weighted by molar-refractivity contribution is -0.000530. The third kappa shape index (κ3) is 2.65. The highest BCUT2D eigenvalue weighted by molar-refractivity contribution is 6.30. The minimum atomic E-state index is -0.640. The Morgan fingerprint density at radius 1 is 1.20 bits per heavy atom. The van der Waals surface area contributed by atoms with E-state index in [0.29, 0.717) is 10.6 Å². The lowest BCUT2D eigenvalue weighted by Gasteiger charge is -2.38. The predicted molar refractivity (Wildman–Crippen MR) is 75.7 cm³/mol. The maximum atomic E-state index is 14.0. The van der Waals surface area contributed by atoms with E-state index in [1.165, 1.54) is 18.9 Å². The summed E-state index contributed by atoms with van der Waals surface area (Å²) in [4.78, 5) is 2.24. The molecule has 1 aromatic carbocycles. The molecule has 1 N–H and O–H groups in total. The van der Waals surface area contributed by atoms with Gasteiger partial charge in [-0.25, -0.2) is 4.39 Å². The van der Waals surface area contributed by atoms with Gasteiger partial charge in [-0.1, -0.05) is 24.4 Å². The van der Waals surface area contributed by atoms with Crippen molar-refractivity contribution in [1.82, 2.24) is 4.90 Å². The van der Waals surface area contributed by atoms with Crippen molar-refractivity contribution in [3.8, 4) is 5.75 Å². The number of fused-ring (bicyclic) bond motifs is 1. The van der Waals surface area contributed by atoms with Crippen LogP contribution in [0.4, 0.5) is 4.39 Å². The summed E-state index contributed by atoms with van der Waals surface area (Å²) in [5.41, 5.74) is 0.677. The van der Waals surface area contributed by atoms with Gasteiger partial charge in [0.1, 0.15) is 12.7 Å². The molecule has 2 aliphatic heterocycles. The second-order valence-corrected chi connectivity index (χ2v) is 6.02. The van der Waals surface area contributed by atoms with E-state index in [-0.39, 0.29) is 18.4 Å². The molecule has 20 heavy (non-hydrogen) atoms. The van der Waals surface area contributed by atoms with Crippen molar-refractivity contribution in [1.29, 1.82) is 0 Å². The molecule has 0 aromatic heterocycles. The van der Waals surface area contributed by atoms with Gasteiger partial charge < -0.3 is 9.84 Å². The molecule has 2 atom stereocenters. The Morgan fingerprint density at radius 2 is 1.90 bits per heavy atom. The minimum Gasteiger partial charge on any atom is -0.487 e. The van der Waals surface area contributed by atoms with Crippen molar-refractivity contribution in [2.24, 2.45) is 0 Å². The predicted octanol–water partition coefficient (Wildman–Crippen LogP) is 3.15. The van der Waals surface area contributed by atoms with E-state index in [9.17, 15) is 9.50 Å². The fourth-order valence-electron chi connectivity index (χ4n) is 3.23. The number of halogens is 2. The Balaban J connectivity index is 1.98. The lowest BCUT2D eigenvalue weighted by atomic mass is 9.96. The summed E-state index contributed by atoms with van der Waals surface area (Å²) in [6, 6.07) is 2.76. The number of ether oxygens (including phenoxy) is 1. The zero-order valence-electron chi connectivity index (χ0n) is 11.3. The van der Waals surface area contributed by atoms with Gasteiger partial charge in [0.2, 0.25) is 0 Å². The Bertz CT molecular complexity index is 489. The summed E-state index contributed by atoms with van der Waals surface area (Å²) < 4.78 is 19.3. The SMILES string of the molecule is OC1COc2c(F)cc(Cl)cc2C1N1CCCCCC1. The van der Waals surface area contributed by atoms with Gasteiger partial charge in [0.15, 0.2) is 11.6 Å². The van der Waals surface area contributed by atoms with Gasteiger partial charge >= 0.3 is 0 Å². The topological polar surface area (TPSA) is 32.7 Å². The number of aliphatic hydroxyl groups excluding tert-OH is 1. The summed E-state index contributed by atoms with van der Waals surface area (Å²) in [5, 5.41) is 10.7. The summed E-state index contributed by atoms with van der Waals surface area (Å²) in [5.74, 6) is -0.201. The zero-order valence-corrected chi connectivity index (χ0v) is 12.1. The van der Waals surface area contributed by atoms with Gasteiger partial charge in [0.05, 0.1) is 6.04 Å². The molecule has 3 nitrogen and oxygen atoms in total. The van der Waals surface area contributed by atoms with E-state index in [0.717, 1.165) is 25.9 Å². The van der Waals surface area contributed by atoms with Gasteiger partial charge in [-0.2, -0.15) is 0 Å². The average Bonchev–Trinajstić information content (AvgIpc) is 2.67. The highest BCUT2D eigenvalue weighted by Crippen LogP contribution is 2.40. The van der Waals surface area contributed by atoms with Crippen LogP contribution in [0.3, 0.4) is 0 Å². The molecule has 2 unspecified atom stereocenters. The fraction of sp³-hybridized carbons (Fsp3) is 0.600. The number of hydrogen-bond donors (Lipinski definition) is 1. The molecule has 110 valence electrons. The fourth-order valence-corrected chi connectivity index (χ4v) is 3.45. The number of nitrogens with zero attached hydrogens (tertiary/aromatic N) is 1. The Kier molecular flexibility index (Phi) is 4.15. The first kappa shape index (κ1) is 14.1. The minimum absolute atomic E-state index is 0.132. The first-order chi connectivity index (χ1) is 9.66. The molecule has 3 rings (SSSR count). The van der Waals surface area contributed by atoms with Crippen molar-refractivity contribution in [2.45, 2.75) is 37.8 Å². The number of hydrogen-bond acceptors (Lipinski definition) is 3. The third-order valence-corrected chi connectivity index (χ3v) is 4.37.